The largest absolute Gasteiger partial charge is 0.376 e. The second-order valence-corrected chi connectivity index (χ2v) is 3.11. The Labute approximate surface area is 60.9 Å². The van der Waals surface area contributed by atoms with E-state index in [4.69, 9.17) is 4.74 Å². The Balaban J connectivity index is 2.78. The number of hydrogen-bond donors (Lipinski definition) is 0. The van der Waals surface area contributed by atoms with Crippen molar-refractivity contribution in [1.82, 2.24) is 0 Å². The van der Waals surface area contributed by atoms with Crippen LogP contribution in [0.25, 0.3) is 0 Å². The van der Waals surface area contributed by atoms with Crippen LogP contribution in [0.4, 0.5) is 0 Å². The first-order valence-corrected chi connectivity index (χ1v) is 3.39. The third-order valence-corrected chi connectivity index (χ3v) is 1.59. The number of ether oxygens (including phenoxy) is 1. The lowest BCUT2D eigenvalue weighted by Crippen LogP contribution is -2.27. The lowest BCUT2D eigenvalue weighted by atomic mass is 9.90. The molecule has 0 aromatic heterocycles. The van der Waals surface area contributed by atoms with Gasteiger partial charge in [-0.05, 0) is 13.8 Å². The van der Waals surface area contributed by atoms with Gasteiger partial charge < -0.3 is 9.53 Å². The van der Waals surface area contributed by atoms with Crippen molar-refractivity contribution >= 4 is 6.29 Å². The van der Waals surface area contributed by atoms with Crippen LogP contribution in [0.3, 0.4) is 0 Å². The maximum Gasteiger partial charge on any atom is 0.131 e. The summed E-state index contributed by atoms with van der Waals surface area (Å²) in [6.45, 7) is 5.04. The molecule has 0 aromatic carbocycles. The molecule has 1 atom stereocenters. The highest BCUT2D eigenvalue weighted by molar-refractivity contribution is 5.62. The maximum absolute atomic E-state index is 10.5. The molecule has 1 aliphatic rings. The van der Waals surface area contributed by atoms with Crippen molar-refractivity contribution in [2.45, 2.75) is 13.8 Å². The molecule has 56 valence electrons. The SMILES string of the molecule is CC1=CC(C)(C=O)COC1. The third-order valence-electron chi connectivity index (χ3n) is 1.59. The molecule has 0 saturated heterocycles. The fourth-order valence-electron chi connectivity index (χ4n) is 1.15. The second kappa shape index (κ2) is 2.54. The first kappa shape index (κ1) is 7.48. The Morgan fingerprint density at radius 1 is 1.80 bits per heavy atom. The summed E-state index contributed by atoms with van der Waals surface area (Å²) in [4.78, 5) is 10.5. The van der Waals surface area contributed by atoms with Gasteiger partial charge in [-0.3, -0.25) is 0 Å². The fraction of sp³-hybridized carbons (Fsp3) is 0.625. The molecule has 0 amide bonds. The molecule has 1 unspecified atom stereocenters. The summed E-state index contributed by atoms with van der Waals surface area (Å²) in [5, 5.41) is 0. The van der Waals surface area contributed by atoms with Crippen LogP contribution in [0, 0.1) is 5.41 Å². The number of aldehydes is 1. The molecule has 0 saturated carbocycles. The molecule has 0 radical (unpaired) electrons. The number of carbonyl (C=O) groups is 1. The quantitative estimate of drug-likeness (QED) is 0.403. The lowest BCUT2D eigenvalue weighted by Gasteiger charge is -2.24. The van der Waals surface area contributed by atoms with Gasteiger partial charge in [-0.15, -0.1) is 0 Å². The molecule has 2 heteroatoms. The molecule has 0 spiro atoms. The van der Waals surface area contributed by atoms with Gasteiger partial charge in [0, 0.05) is 0 Å². The van der Waals surface area contributed by atoms with Crippen LogP contribution in [0.15, 0.2) is 11.6 Å². The minimum atomic E-state index is -0.373. The molecule has 0 aromatic rings. The van der Waals surface area contributed by atoms with Crippen molar-refractivity contribution in [1.29, 1.82) is 0 Å². The number of hydrogen-bond acceptors (Lipinski definition) is 2. The van der Waals surface area contributed by atoms with Crippen molar-refractivity contribution in [3.05, 3.63) is 11.6 Å². The molecule has 0 N–H and O–H groups in total. The Morgan fingerprint density at radius 3 is 2.90 bits per heavy atom. The van der Waals surface area contributed by atoms with E-state index in [9.17, 15) is 4.79 Å². The first-order chi connectivity index (χ1) is 4.66. The molecule has 1 heterocycles. The summed E-state index contributed by atoms with van der Waals surface area (Å²) < 4.78 is 5.19. The average molecular weight is 140 g/mol. The predicted octanol–water partition coefficient (Wildman–Crippen LogP) is 1.17. The zero-order valence-electron chi connectivity index (χ0n) is 6.39. The van der Waals surface area contributed by atoms with Crippen LogP contribution < -0.4 is 0 Å². The summed E-state index contributed by atoms with van der Waals surface area (Å²) in [5.41, 5.74) is 0.767. The van der Waals surface area contributed by atoms with E-state index < -0.39 is 0 Å². The summed E-state index contributed by atoms with van der Waals surface area (Å²) in [6, 6.07) is 0. The maximum atomic E-state index is 10.5. The van der Waals surface area contributed by atoms with Gasteiger partial charge in [0.1, 0.15) is 6.29 Å². The minimum Gasteiger partial charge on any atom is -0.376 e. The molecule has 2 nitrogen and oxygen atoms in total. The van der Waals surface area contributed by atoms with Gasteiger partial charge in [-0.1, -0.05) is 11.6 Å². The van der Waals surface area contributed by atoms with Crippen molar-refractivity contribution < 1.29 is 9.53 Å². The minimum absolute atomic E-state index is 0.373. The van der Waals surface area contributed by atoms with Crippen LogP contribution >= 0.6 is 0 Å². The van der Waals surface area contributed by atoms with Crippen LogP contribution in [0.2, 0.25) is 0 Å². The molecular formula is C8H12O2. The van der Waals surface area contributed by atoms with Gasteiger partial charge in [-0.2, -0.15) is 0 Å². The monoisotopic (exact) mass is 140 g/mol. The van der Waals surface area contributed by atoms with E-state index in [1.54, 1.807) is 0 Å². The molecule has 0 bridgehead atoms. The molecule has 1 aliphatic heterocycles. The standard InChI is InChI=1S/C8H12O2/c1-7-3-8(2,5-9)6-10-4-7/h3,5H,4,6H2,1-2H3. The van der Waals surface area contributed by atoms with Crippen LogP contribution in [-0.4, -0.2) is 19.5 Å². The van der Waals surface area contributed by atoms with Crippen molar-refractivity contribution in [3.8, 4) is 0 Å². The van der Waals surface area contributed by atoms with E-state index >= 15 is 0 Å². The smallest absolute Gasteiger partial charge is 0.131 e. The van der Waals surface area contributed by atoms with Gasteiger partial charge in [0.2, 0.25) is 0 Å². The fourth-order valence-corrected chi connectivity index (χ4v) is 1.15. The van der Waals surface area contributed by atoms with E-state index in [1.165, 1.54) is 0 Å². The molecule has 0 fully saturated rings. The summed E-state index contributed by atoms with van der Waals surface area (Å²) in [6.07, 6.45) is 2.92. The Hall–Kier alpha value is -0.630. The van der Waals surface area contributed by atoms with Gasteiger partial charge in [-0.25, -0.2) is 0 Å². The van der Waals surface area contributed by atoms with Gasteiger partial charge >= 0.3 is 0 Å². The Bertz CT molecular complexity index is 172. The average Bonchev–Trinajstić information content (AvgIpc) is 1.88. The summed E-state index contributed by atoms with van der Waals surface area (Å²) in [7, 11) is 0. The van der Waals surface area contributed by atoms with E-state index in [0.717, 1.165) is 11.9 Å². The van der Waals surface area contributed by atoms with Crippen LogP contribution in [-0.2, 0) is 9.53 Å². The lowest BCUT2D eigenvalue weighted by molar-refractivity contribution is -0.116. The van der Waals surface area contributed by atoms with E-state index in [-0.39, 0.29) is 5.41 Å². The Morgan fingerprint density at radius 2 is 2.50 bits per heavy atom. The Kier molecular flexibility index (Phi) is 1.90. The summed E-state index contributed by atoms with van der Waals surface area (Å²) in [5.74, 6) is 0. The normalized spacial score (nSPS) is 33.2. The van der Waals surface area contributed by atoms with Crippen molar-refractivity contribution in [3.63, 3.8) is 0 Å². The zero-order valence-corrected chi connectivity index (χ0v) is 6.39. The van der Waals surface area contributed by atoms with Gasteiger partial charge in [0.15, 0.2) is 0 Å². The van der Waals surface area contributed by atoms with Crippen LogP contribution in [0.1, 0.15) is 13.8 Å². The molecular weight excluding hydrogens is 128 g/mol. The van der Waals surface area contributed by atoms with E-state index in [2.05, 4.69) is 0 Å². The third kappa shape index (κ3) is 1.45. The molecule has 1 rings (SSSR count). The highest BCUT2D eigenvalue weighted by Gasteiger charge is 2.24. The van der Waals surface area contributed by atoms with E-state index in [1.807, 2.05) is 19.9 Å². The zero-order chi connectivity index (χ0) is 7.61. The summed E-state index contributed by atoms with van der Waals surface area (Å²) >= 11 is 0. The van der Waals surface area contributed by atoms with Crippen molar-refractivity contribution in [2.24, 2.45) is 5.41 Å². The topological polar surface area (TPSA) is 26.3 Å². The highest BCUT2D eigenvalue weighted by Crippen LogP contribution is 2.22. The van der Waals surface area contributed by atoms with Gasteiger partial charge in [0.05, 0.1) is 18.6 Å². The molecule has 10 heavy (non-hydrogen) atoms. The van der Waals surface area contributed by atoms with Gasteiger partial charge in [0.25, 0.3) is 0 Å². The van der Waals surface area contributed by atoms with Crippen molar-refractivity contribution in [2.75, 3.05) is 13.2 Å². The predicted molar refractivity (Wildman–Crippen MR) is 38.7 cm³/mol. The first-order valence-electron chi connectivity index (χ1n) is 3.39. The number of carbonyl (C=O) groups excluding carboxylic acids is 1. The van der Waals surface area contributed by atoms with Crippen LogP contribution in [0.5, 0.6) is 0 Å². The van der Waals surface area contributed by atoms with E-state index in [0.29, 0.717) is 13.2 Å². The molecule has 0 aliphatic carbocycles. The highest BCUT2D eigenvalue weighted by atomic mass is 16.5. The second-order valence-electron chi connectivity index (χ2n) is 3.11. The number of rotatable bonds is 1.